The van der Waals surface area contributed by atoms with Gasteiger partial charge in [0.25, 0.3) is 0 Å². The Morgan fingerprint density at radius 3 is 2.70 bits per heavy atom. The Balaban J connectivity index is 3.14. The molecule has 0 unspecified atom stereocenters. The van der Waals surface area contributed by atoms with E-state index in [2.05, 4.69) is 21.2 Å². The predicted octanol–water partition coefficient (Wildman–Crippen LogP) is 2.20. The summed E-state index contributed by atoms with van der Waals surface area (Å²) < 4.78 is 0.706. The van der Waals surface area contributed by atoms with Gasteiger partial charge in [0, 0.05) is 7.05 Å². The fourth-order valence-electron chi connectivity index (χ4n) is 0.713. The Morgan fingerprint density at radius 2 is 2.20 bits per heavy atom. The Morgan fingerprint density at radius 1 is 1.50 bits per heavy atom. The van der Waals surface area contributed by atoms with E-state index in [0.717, 1.165) is 5.69 Å². The van der Waals surface area contributed by atoms with E-state index >= 15 is 0 Å². The molecule has 10 heavy (non-hydrogen) atoms. The van der Waals surface area contributed by atoms with Crippen LogP contribution in [0.3, 0.4) is 0 Å². The summed E-state index contributed by atoms with van der Waals surface area (Å²) in [5, 5.41) is 12.1. The lowest BCUT2D eigenvalue weighted by molar-refractivity contribution is 0.472. The Hall–Kier alpha value is -0.700. The molecule has 0 amide bonds. The number of aromatic hydroxyl groups is 1. The number of hydrogen-bond acceptors (Lipinski definition) is 2. The summed E-state index contributed by atoms with van der Waals surface area (Å²) in [6.07, 6.45) is 0. The number of nitrogens with one attached hydrogen (secondary N) is 1. The smallest absolute Gasteiger partial charge is 0.131 e. The average molecular weight is 202 g/mol. The third kappa shape index (κ3) is 1.24. The first-order valence-electron chi connectivity index (χ1n) is 2.91. The van der Waals surface area contributed by atoms with Gasteiger partial charge in [-0.15, -0.1) is 0 Å². The van der Waals surface area contributed by atoms with E-state index < -0.39 is 0 Å². The number of hydrogen-bond donors (Lipinski definition) is 2. The third-order valence-electron chi connectivity index (χ3n) is 1.25. The maximum atomic E-state index is 9.14. The molecular weight excluding hydrogens is 194 g/mol. The summed E-state index contributed by atoms with van der Waals surface area (Å²) in [4.78, 5) is 0. The number of phenolic OH excluding ortho intramolecular Hbond substituents is 1. The minimum atomic E-state index is 0.256. The van der Waals surface area contributed by atoms with E-state index in [9.17, 15) is 0 Å². The van der Waals surface area contributed by atoms with Crippen LogP contribution in [-0.4, -0.2) is 12.2 Å². The molecule has 0 spiro atoms. The van der Waals surface area contributed by atoms with Crippen molar-refractivity contribution in [3.8, 4) is 5.75 Å². The van der Waals surface area contributed by atoms with Crippen LogP contribution in [0, 0.1) is 0 Å². The number of phenols is 1. The van der Waals surface area contributed by atoms with Gasteiger partial charge in [0.1, 0.15) is 5.75 Å². The summed E-state index contributed by atoms with van der Waals surface area (Å²) >= 11 is 3.23. The van der Waals surface area contributed by atoms with E-state index in [1.54, 1.807) is 19.2 Å². The standard InChI is InChI=1S/C7H8BrNO/c1-9-5-3-2-4-6(10)7(5)8/h2-4,9-10H,1H3. The quantitative estimate of drug-likeness (QED) is 0.731. The lowest BCUT2D eigenvalue weighted by Gasteiger charge is -2.03. The number of benzene rings is 1. The van der Waals surface area contributed by atoms with Crippen molar-refractivity contribution in [3.05, 3.63) is 22.7 Å². The van der Waals surface area contributed by atoms with E-state index in [-0.39, 0.29) is 5.75 Å². The van der Waals surface area contributed by atoms with Crippen LogP contribution in [0.25, 0.3) is 0 Å². The Kier molecular flexibility index (Phi) is 2.17. The lowest BCUT2D eigenvalue weighted by atomic mass is 10.3. The maximum absolute atomic E-state index is 9.14. The van der Waals surface area contributed by atoms with Crippen LogP contribution in [0.5, 0.6) is 5.75 Å². The van der Waals surface area contributed by atoms with Crippen molar-refractivity contribution in [2.45, 2.75) is 0 Å². The molecule has 0 aliphatic rings. The van der Waals surface area contributed by atoms with Crippen molar-refractivity contribution in [1.29, 1.82) is 0 Å². The first kappa shape index (κ1) is 7.41. The Labute approximate surface area is 68.0 Å². The topological polar surface area (TPSA) is 32.3 Å². The Bertz CT molecular complexity index is 237. The number of anilines is 1. The molecule has 0 bridgehead atoms. The molecule has 1 aromatic carbocycles. The van der Waals surface area contributed by atoms with E-state index in [1.165, 1.54) is 0 Å². The van der Waals surface area contributed by atoms with Crippen LogP contribution in [0.4, 0.5) is 5.69 Å². The molecule has 0 aliphatic carbocycles. The zero-order chi connectivity index (χ0) is 7.56. The molecular formula is C7H8BrNO. The largest absolute Gasteiger partial charge is 0.507 e. The minimum absolute atomic E-state index is 0.256. The van der Waals surface area contributed by atoms with Crippen molar-refractivity contribution in [3.63, 3.8) is 0 Å². The maximum Gasteiger partial charge on any atom is 0.131 e. The van der Waals surface area contributed by atoms with Crippen molar-refractivity contribution in [2.75, 3.05) is 12.4 Å². The second kappa shape index (κ2) is 2.92. The zero-order valence-electron chi connectivity index (χ0n) is 5.56. The van der Waals surface area contributed by atoms with Gasteiger partial charge in [-0.3, -0.25) is 0 Å². The van der Waals surface area contributed by atoms with Crippen LogP contribution in [-0.2, 0) is 0 Å². The normalized spacial score (nSPS) is 9.40. The highest BCUT2D eigenvalue weighted by atomic mass is 79.9. The zero-order valence-corrected chi connectivity index (χ0v) is 7.14. The van der Waals surface area contributed by atoms with Gasteiger partial charge in [-0.1, -0.05) is 6.07 Å². The second-order valence-electron chi connectivity index (χ2n) is 1.89. The first-order chi connectivity index (χ1) is 4.75. The molecule has 0 heterocycles. The number of rotatable bonds is 1. The van der Waals surface area contributed by atoms with Gasteiger partial charge in [0.05, 0.1) is 10.2 Å². The van der Waals surface area contributed by atoms with Crippen LogP contribution in [0.1, 0.15) is 0 Å². The monoisotopic (exact) mass is 201 g/mol. The van der Waals surface area contributed by atoms with Crippen molar-refractivity contribution < 1.29 is 5.11 Å². The molecule has 0 aromatic heterocycles. The molecule has 0 saturated carbocycles. The molecule has 0 atom stereocenters. The highest BCUT2D eigenvalue weighted by Crippen LogP contribution is 2.30. The van der Waals surface area contributed by atoms with Gasteiger partial charge in [-0.2, -0.15) is 0 Å². The molecule has 1 rings (SSSR count). The lowest BCUT2D eigenvalue weighted by Crippen LogP contribution is -1.87. The van der Waals surface area contributed by atoms with Crippen LogP contribution in [0.15, 0.2) is 22.7 Å². The predicted molar refractivity (Wildman–Crippen MR) is 45.4 cm³/mol. The van der Waals surface area contributed by atoms with Crippen molar-refractivity contribution in [1.82, 2.24) is 0 Å². The van der Waals surface area contributed by atoms with Crippen LogP contribution >= 0.6 is 15.9 Å². The van der Waals surface area contributed by atoms with E-state index in [0.29, 0.717) is 4.47 Å². The summed E-state index contributed by atoms with van der Waals surface area (Å²) in [5.74, 6) is 0.256. The van der Waals surface area contributed by atoms with Crippen molar-refractivity contribution in [2.24, 2.45) is 0 Å². The molecule has 0 fully saturated rings. The summed E-state index contributed by atoms with van der Waals surface area (Å²) in [6, 6.07) is 5.29. The third-order valence-corrected chi connectivity index (χ3v) is 2.08. The molecule has 1 aromatic rings. The molecule has 0 aliphatic heterocycles. The highest BCUT2D eigenvalue weighted by molar-refractivity contribution is 9.10. The minimum Gasteiger partial charge on any atom is -0.507 e. The number of halogens is 1. The van der Waals surface area contributed by atoms with Gasteiger partial charge in [-0.25, -0.2) is 0 Å². The van der Waals surface area contributed by atoms with Crippen LogP contribution in [0.2, 0.25) is 0 Å². The highest BCUT2D eigenvalue weighted by Gasteiger charge is 1.99. The summed E-state index contributed by atoms with van der Waals surface area (Å²) in [5.41, 5.74) is 0.889. The van der Waals surface area contributed by atoms with Gasteiger partial charge in [0.15, 0.2) is 0 Å². The van der Waals surface area contributed by atoms with Gasteiger partial charge >= 0.3 is 0 Å². The van der Waals surface area contributed by atoms with E-state index in [4.69, 9.17) is 5.11 Å². The fourth-order valence-corrected chi connectivity index (χ4v) is 1.18. The molecule has 2 nitrogen and oxygen atoms in total. The molecule has 3 heteroatoms. The summed E-state index contributed by atoms with van der Waals surface area (Å²) in [7, 11) is 1.81. The fraction of sp³-hybridized carbons (Fsp3) is 0.143. The molecule has 54 valence electrons. The van der Waals surface area contributed by atoms with Crippen molar-refractivity contribution >= 4 is 21.6 Å². The first-order valence-corrected chi connectivity index (χ1v) is 3.70. The molecule has 2 N–H and O–H groups in total. The SMILES string of the molecule is CNc1cccc(O)c1Br. The summed E-state index contributed by atoms with van der Waals surface area (Å²) in [6.45, 7) is 0. The van der Waals surface area contributed by atoms with Crippen LogP contribution < -0.4 is 5.32 Å². The van der Waals surface area contributed by atoms with E-state index in [1.807, 2.05) is 6.07 Å². The second-order valence-corrected chi connectivity index (χ2v) is 2.68. The average Bonchev–Trinajstić information content (AvgIpc) is 1.95. The molecule has 0 radical (unpaired) electrons. The van der Waals surface area contributed by atoms with Gasteiger partial charge in [0.2, 0.25) is 0 Å². The van der Waals surface area contributed by atoms with Gasteiger partial charge in [-0.05, 0) is 28.1 Å². The molecule has 0 saturated heterocycles. The van der Waals surface area contributed by atoms with Gasteiger partial charge < -0.3 is 10.4 Å².